The largest absolute Gasteiger partial charge is 0.352 e. The maximum absolute atomic E-state index is 14.1. The molecule has 2 amide bonds. The second kappa shape index (κ2) is 14.3. The van der Waals surface area contributed by atoms with Crippen molar-refractivity contribution in [3.05, 3.63) is 92.4 Å². The molecule has 1 fully saturated rings. The van der Waals surface area contributed by atoms with Crippen molar-refractivity contribution < 1.29 is 18.0 Å². The summed E-state index contributed by atoms with van der Waals surface area (Å²) in [6.45, 7) is 3.10. The summed E-state index contributed by atoms with van der Waals surface area (Å²) in [4.78, 5) is 29.0. The molecule has 3 aromatic rings. The van der Waals surface area contributed by atoms with E-state index in [1.807, 2.05) is 31.2 Å². The highest BCUT2D eigenvalue weighted by Crippen LogP contribution is 2.31. The molecule has 1 aliphatic carbocycles. The van der Waals surface area contributed by atoms with Crippen LogP contribution in [-0.2, 0) is 26.2 Å². The van der Waals surface area contributed by atoms with Gasteiger partial charge in [0.05, 0.1) is 20.6 Å². The van der Waals surface area contributed by atoms with Crippen LogP contribution in [0.4, 0.5) is 5.69 Å². The van der Waals surface area contributed by atoms with E-state index in [0.717, 1.165) is 52.0 Å². The third-order valence-corrected chi connectivity index (χ3v) is 10.5. The van der Waals surface area contributed by atoms with Crippen LogP contribution in [0.5, 0.6) is 0 Å². The van der Waals surface area contributed by atoms with E-state index in [1.165, 1.54) is 35.2 Å². The van der Waals surface area contributed by atoms with E-state index < -0.39 is 28.5 Å². The summed E-state index contributed by atoms with van der Waals surface area (Å²) in [6, 6.07) is 17.4. The maximum atomic E-state index is 14.1. The van der Waals surface area contributed by atoms with E-state index in [4.69, 9.17) is 23.2 Å². The molecule has 0 aliphatic heterocycles. The number of anilines is 1. The van der Waals surface area contributed by atoms with Gasteiger partial charge in [0, 0.05) is 17.1 Å². The Morgan fingerprint density at radius 2 is 1.60 bits per heavy atom. The molecule has 0 bridgehead atoms. The zero-order chi connectivity index (χ0) is 30.4. The van der Waals surface area contributed by atoms with E-state index >= 15 is 0 Å². The number of carbonyl (C=O) groups is 2. The average Bonchev–Trinajstić information content (AvgIpc) is 2.97. The molecular weight excluding hydrogens is 661 g/mol. The molecule has 0 radical (unpaired) electrons. The van der Waals surface area contributed by atoms with Gasteiger partial charge in [-0.2, -0.15) is 0 Å². The smallest absolute Gasteiger partial charge is 0.264 e. The second-order valence-corrected chi connectivity index (χ2v) is 14.2. The number of aryl methyl sites for hydroxylation is 1. The first-order valence-corrected chi connectivity index (χ1v) is 16.8. The molecule has 4 rings (SSSR count). The lowest BCUT2D eigenvalue weighted by atomic mass is 9.95. The molecule has 0 unspecified atom stereocenters. The fourth-order valence-corrected chi connectivity index (χ4v) is 6.91. The lowest BCUT2D eigenvalue weighted by molar-refractivity contribution is -0.139. The van der Waals surface area contributed by atoms with Gasteiger partial charge in [-0.25, -0.2) is 8.42 Å². The van der Waals surface area contributed by atoms with Crippen molar-refractivity contribution in [3.8, 4) is 0 Å². The predicted molar refractivity (Wildman–Crippen MR) is 171 cm³/mol. The van der Waals surface area contributed by atoms with Crippen LogP contribution in [0.3, 0.4) is 0 Å². The first kappa shape index (κ1) is 32.3. The van der Waals surface area contributed by atoms with Gasteiger partial charge >= 0.3 is 0 Å². The Morgan fingerprint density at radius 3 is 2.21 bits per heavy atom. The molecule has 42 heavy (non-hydrogen) atoms. The summed E-state index contributed by atoms with van der Waals surface area (Å²) in [5, 5.41) is 3.51. The highest BCUT2D eigenvalue weighted by molar-refractivity contribution is 9.10. The van der Waals surface area contributed by atoms with Gasteiger partial charge in [0.1, 0.15) is 12.6 Å². The number of nitrogens with zero attached hydrogens (tertiary/aromatic N) is 2. The summed E-state index contributed by atoms with van der Waals surface area (Å²) >= 11 is 15.8. The second-order valence-electron chi connectivity index (χ2n) is 10.6. The molecule has 0 heterocycles. The van der Waals surface area contributed by atoms with Gasteiger partial charge in [0.25, 0.3) is 10.0 Å². The van der Waals surface area contributed by atoms with Gasteiger partial charge in [-0.1, -0.05) is 88.2 Å². The van der Waals surface area contributed by atoms with Crippen LogP contribution in [0.25, 0.3) is 0 Å². The molecular formula is C31H34BrCl2N3O4S. The third-order valence-electron chi connectivity index (χ3n) is 7.46. The van der Waals surface area contributed by atoms with Crippen molar-refractivity contribution in [3.63, 3.8) is 0 Å². The minimum Gasteiger partial charge on any atom is -0.352 e. The number of rotatable bonds is 10. The molecule has 0 aromatic heterocycles. The van der Waals surface area contributed by atoms with Crippen molar-refractivity contribution in [2.75, 3.05) is 10.8 Å². The Bertz CT molecular complexity index is 1510. The topological polar surface area (TPSA) is 86.8 Å². The summed E-state index contributed by atoms with van der Waals surface area (Å²) < 4.78 is 29.8. The van der Waals surface area contributed by atoms with Crippen molar-refractivity contribution in [1.29, 1.82) is 0 Å². The molecule has 0 saturated heterocycles. The van der Waals surface area contributed by atoms with E-state index in [0.29, 0.717) is 0 Å². The third kappa shape index (κ3) is 8.07. The first-order valence-electron chi connectivity index (χ1n) is 13.8. The zero-order valence-corrected chi connectivity index (χ0v) is 27.4. The monoisotopic (exact) mass is 693 g/mol. The molecule has 1 atom stereocenters. The van der Waals surface area contributed by atoms with Crippen molar-refractivity contribution in [2.24, 2.45) is 0 Å². The standard InChI is InChI=1S/C31H34BrCl2N3O4S/c1-21-8-15-27(16-9-21)42(40,41)37(26-14-17-28(33)29(34)18-26)20-30(38)36(19-23-10-12-24(32)13-11-23)22(2)31(39)35-25-6-4-3-5-7-25/h8-18,22,25H,3-7,19-20H2,1-2H3,(H,35,39)/t22-/m0/s1. The van der Waals surface area contributed by atoms with Gasteiger partial charge in [-0.3, -0.25) is 13.9 Å². The van der Waals surface area contributed by atoms with Crippen molar-refractivity contribution in [1.82, 2.24) is 10.2 Å². The van der Waals surface area contributed by atoms with E-state index in [2.05, 4.69) is 21.2 Å². The lowest BCUT2D eigenvalue weighted by Gasteiger charge is -2.33. The molecule has 7 nitrogen and oxygen atoms in total. The fraction of sp³-hybridized carbons (Fsp3) is 0.355. The Balaban J connectivity index is 1.69. The Morgan fingerprint density at radius 1 is 0.952 bits per heavy atom. The molecule has 1 N–H and O–H groups in total. The predicted octanol–water partition coefficient (Wildman–Crippen LogP) is 7.13. The number of hydrogen-bond acceptors (Lipinski definition) is 4. The normalized spacial score (nSPS) is 14.7. The zero-order valence-electron chi connectivity index (χ0n) is 23.5. The SMILES string of the molecule is Cc1ccc(S(=O)(=O)N(CC(=O)N(Cc2ccc(Br)cc2)[C@@H](C)C(=O)NC2CCCCC2)c2ccc(Cl)c(Cl)c2)cc1. The Labute approximate surface area is 266 Å². The highest BCUT2D eigenvalue weighted by Gasteiger charge is 2.33. The molecule has 1 saturated carbocycles. The van der Waals surface area contributed by atoms with E-state index in [-0.39, 0.29) is 39.1 Å². The van der Waals surface area contributed by atoms with Gasteiger partial charge < -0.3 is 10.2 Å². The van der Waals surface area contributed by atoms with Gasteiger partial charge in [0.2, 0.25) is 11.8 Å². The molecule has 224 valence electrons. The van der Waals surface area contributed by atoms with E-state index in [1.54, 1.807) is 19.1 Å². The van der Waals surface area contributed by atoms with E-state index in [9.17, 15) is 18.0 Å². The van der Waals surface area contributed by atoms with Crippen LogP contribution in [0.2, 0.25) is 10.0 Å². The summed E-state index contributed by atoms with van der Waals surface area (Å²) in [5.74, 6) is -0.805. The number of sulfonamides is 1. The molecule has 11 heteroatoms. The Hall–Kier alpha value is -2.59. The summed E-state index contributed by atoms with van der Waals surface area (Å²) in [5.41, 5.74) is 1.87. The minimum atomic E-state index is -4.20. The summed E-state index contributed by atoms with van der Waals surface area (Å²) in [6.07, 6.45) is 5.06. The van der Waals surface area contributed by atoms with Gasteiger partial charge in [-0.05, 0) is 74.7 Å². The summed E-state index contributed by atoms with van der Waals surface area (Å²) in [7, 11) is -4.20. The van der Waals surface area contributed by atoms with Crippen LogP contribution < -0.4 is 9.62 Å². The first-order chi connectivity index (χ1) is 20.0. The fourth-order valence-electron chi connectivity index (χ4n) is 4.94. The number of amides is 2. The average molecular weight is 696 g/mol. The quantitative estimate of drug-likeness (QED) is 0.245. The van der Waals surface area contributed by atoms with Gasteiger partial charge in [0.15, 0.2) is 0 Å². The highest BCUT2D eigenvalue weighted by atomic mass is 79.9. The number of carbonyl (C=O) groups excluding carboxylic acids is 2. The van der Waals surface area contributed by atoms with Crippen LogP contribution in [0.1, 0.15) is 50.2 Å². The number of benzene rings is 3. The van der Waals surface area contributed by atoms with Crippen LogP contribution >= 0.6 is 39.1 Å². The number of nitrogens with one attached hydrogen (secondary N) is 1. The molecule has 1 aliphatic rings. The number of halogens is 3. The molecule has 0 spiro atoms. The van der Waals surface area contributed by atoms with Crippen LogP contribution in [-0.4, -0.2) is 43.8 Å². The van der Waals surface area contributed by atoms with Gasteiger partial charge in [-0.15, -0.1) is 0 Å². The molecule has 3 aromatic carbocycles. The number of hydrogen-bond donors (Lipinski definition) is 1. The van der Waals surface area contributed by atoms with Crippen molar-refractivity contribution >= 4 is 66.7 Å². The minimum absolute atomic E-state index is 0.0227. The van der Waals surface area contributed by atoms with Crippen molar-refractivity contribution in [2.45, 2.75) is 69.5 Å². The maximum Gasteiger partial charge on any atom is 0.264 e. The lowest BCUT2D eigenvalue weighted by Crippen LogP contribution is -2.53. The van der Waals surface area contributed by atoms with Crippen LogP contribution in [0.15, 0.2) is 76.1 Å². The Kier molecular flexibility index (Phi) is 11.0. The van der Waals surface area contributed by atoms with Crippen LogP contribution in [0, 0.1) is 6.92 Å².